The average Bonchev–Trinajstić information content (AvgIpc) is 2.17. The summed E-state index contributed by atoms with van der Waals surface area (Å²) in [5, 5.41) is 5.01. The lowest BCUT2D eigenvalue weighted by atomic mass is 10.2. The van der Waals surface area contributed by atoms with Crippen LogP contribution < -0.4 is 5.14 Å². The number of sulfonamides is 1. The van der Waals surface area contributed by atoms with Crippen molar-refractivity contribution < 1.29 is 8.42 Å². The minimum absolute atomic E-state index is 0.121. The van der Waals surface area contributed by atoms with E-state index in [1.54, 1.807) is 12.1 Å². The van der Waals surface area contributed by atoms with Gasteiger partial charge in [-0.1, -0.05) is 24.3 Å². The SMILES string of the molecule is NS(=O)(=O)c1cccc(C=CCCCl)c1. The monoisotopic (exact) mass is 245 g/mol. The first-order valence-corrected chi connectivity index (χ1v) is 6.47. The fraction of sp³-hybridized carbons (Fsp3) is 0.200. The fourth-order valence-corrected chi connectivity index (χ4v) is 1.77. The van der Waals surface area contributed by atoms with Crippen molar-refractivity contribution in [1.82, 2.24) is 0 Å². The smallest absolute Gasteiger partial charge is 0.225 e. The maximum absolute atomic E-state index is 11.0. The standard InChI is InChI=1S/C10H12ClNO2S/c11-7-2-1-4-9-5-3-6-10(8-9)15(12,13)14/h1,3-6,8H,2,7H2,(H2,12,13,14). The van der Waals surface area contributed by atoms with Gasteiger partial charge in [-0.3, -0.25) is 0 Å². The molecule has 0 unspecified atom stereocenters. The Bertz CT molecular complexity index is 454. The highest BCUT2D eigenvalue weighted by molar-refractivity contribution is 7.89. The minimum Gasteiger partial charge on any atom is -0.225 e. The largest absolute Gasteiger partial charge is 0.238 e. The van der Waals surface area contributed by atoms with Gasteiger partial charge in [-0.2, -0.15) is 0 Å². The van der Waals surface area contributed by atoms with Gasteiger partial charge in [0.25, 0.3) is 0 Å². The lowest BCUT2D eigenvalue weighted by Gasteiger charge is -1.99. The van der Waals surface area contributed by atoms with Gasteiger partial charge in [0.2, 0.25) is 10.0 Å². The number of nitrogens with two attached hydrogens (primary N) is 1. The molecule has 0 amide bonds. The summed E-state index contributed by atoms with van der Waals surface area (Å²) in [6.45, 7) is 0. The highest BCUT2D eigenvalue weighted by atomic mass is 35.5. The molecule has 1 rings (SSSR count). The first-order chi connectivity index (χ1) is 7.04. The van der Waals surface area contributed by atoms with Crippen molar-refractivity contribution in [2.75, 3.05) is 5.88 Å². The molecule has 0 saturated heterocycles. The second-order valence-corrected chi connectivity index (χ2v) is 4.94. The van der Waals surface area contributed by atoms with Gasteiger partial charge in [0, 0.05) is 5.88 Å². The molecule has 0 spiro atoms. The molecule has 3 nitrogen and oxygen atoms in total. The van der Waals surface area contributed by atoms with Crippen LogP contribution in [0.15, 0.2) is 35.2 Å². The molecule has 0 aromatic heterocycles. The van der Waals surface area contributed by atoms with Gasteiger partial charge in [-0.25, -0.2) is 13.6 Å². The zero-order valence-electron chi connectivity index (χ0n) is 8.06. The molecular weight excluding hydrogens is 234 g/mol. The molecule has 0 aliphatic rings. The Morgan fingerprint density at radius 1 is 1.40 bits per heavy atom. The Labute approximate surface area is 94.6 Å². The molecular formula is C10H12ClNO2S. The number of benzene rings is 1. The van der Waals surface area contributed by atoms with Crippen LogP contribution >= 0.6 is 11.6 Å². The molecule has 0 heterocycles. The first-order valence-electron chi connectivity index (χ1n) is 4.39. The summed E-state index contributed by atoms with van der Waals surface area (Å²) in [6.07, 6.45) is 4.45. The maximum atomic E-state index is 11.0. The molecule has 0 aliphatic carbocycles. The molecule has 0 radical (unpaired) electrons. The quantitative estimate of drug-likeness (QED) is 0.825. The molecule has 0 atom stereocenters. The zero-order valence-corrected chi connectivity index (χ0v) is 9.63. The third-order valence-corrected chi connectivity index (χ3v) is 2.90. The van der Waals surface area contributed by atoms with Crippen molar-refractivity contribution in [3.63, 3.8) is 0 Å². The number of allylic oxidation sites excluding steroid dienone is 1. The Hall–Kier alpha value is -0.840. The van der Waals surface area contributed by atoms with Crippen LogP contribution in [0, 0.1) is 0 Å². The molecule has 1 aromatic rings. The second-order valence-electron chi connectivity index (χ2n) is 3.00. The Morgan fingerprint density at radius 3 is 2.73 bits per heavy atom. The van der Waals surface area contributed by atoms with Gasteiger partial charge >= 0.3 is 0 Å². The van der Waals surface area contributed by atoms with Gasteiger partial charge in [0.1, 0.15) is 0 Å². The molecule has 1 aromatic carbocycles. The number of alkyl halides is 1. The summed E-state index contributed by atoms with van der Waals surface area (Å²) in [5.41, 5.74) is 0.798. The van der Waals surface area contributed by atoms with Crippen molar-refractivity contribution in [3.8, 4) is 0 Å². The molecule has 82 valence electrons. The van der Waals surface area contributed by atoms with Crippen LogP contribution in [0.4, 0.5) is 0 Å². The van der Waals surface area contributed by atoms with Gasteiger partial charge in [-0.15, -0.1) is 11.6 Å². The number of rotatable bonds is 4. The van der Waals surface area contributed by atoms with E-state index in [4.69, 9.17) is 16.7 Å². The van der Waals surface area contributed by atoms with E-state index in [1.165, 1.54) is 12.1 Å². The van der Waals surface area contributed by atoms with Crippen LogP contribution in [0.1, 0.15) is 12.0 Å². The lowest BCUT2D eigenvalue weighted by Crippen LogP contribution is -2.11. The molecule has 0 saturated carbocycles. The van der Waals surface area contributed by atoms with E-state index >= 15 is 0 Å². The van der Waals surface area contributed by atoms with Crippen molar-refractivity contribution in [1.29, 1.82) is 0 Å². The summed E-state index contributed by atoms with van der Waals surface area (Å²) in [5.74, 6) is 0.547. The Morgan fingerprint density at radius 2 is 2.13 bits per heavy atom. The summed E-state index contributed by atoms with van der Waals surface area (Å²) < 4.78 is 22.1. The van der Waals surface area contributed by atoms with Gasteiger partial charge in [-0.05, 0) is 24.1 Å². The molecule has 0 aliphatic heterocycles. The van der Waals surface area contributed by atoms with E-state index in [-0.39, 0.29) is 4.90 Å². The van der Waals surface area contributed by atoms with Crippen LogP contribution in [-0.4, -0.2) is 14.3 Å². The summed E-state index contributed by atoms with van der Waals surface area (Å²) in [7, 11) is -3.62. The number of primary sulfonamides is 1. The molecule has 0 bridgehead atoms. The lowest BCUT2D eigenvalue weighted by molar-refractivity contribution is 0.598. The van der Waals surface area contributed by atoms with E-state index in [0.29, 0.717) is 5.88 Å². The maximum Gasteiger partial charge on any atom is 0.238 e. The highest BCUT2D eigenvalue weighted by Crippen LogP contribution is 2.11. The fourth-order valence-electron chi connectivity index (χ4n) is 1.08. The minimum atomic E-state index is -3.62. The third kappa shape index (κ3) is 4.03. The predicted octanol–water partition coefficient (Wildman–Crippen LogP) is 1.98. The van der Waals surface area contributed by atoms with E-state index in [0.717, 1.165) is 12.0 Å². The van der Waals surface area contributed by atoms with Crippen LogP contribution in [0.2, 0.25) is 0 Å². The third-order valence-electron chi connectivity index (χ3n) is 1.77. The van der Waals surface area contributed by atoms with Crippen LogP contribution in [-0.2, 0) is 10.0 Å². The van der Waals surface area contributed by atoms with Gasteiger partial charge in [0.15, 0.2) is 0 Å². The zero-order chi connectivity index (χ0) is 11.3. The van der Waals surface area contributed by atoms with Crippen molar-refractivity contribution >= 4 is 27.7 Å². The van der Waals surface area contributed by atoms with Crippen LogP contribution in [0.5, 0.6) is 0 Å². The van der Waals surface area contributed by atoms with E-state index < -0.39 is 10.0 Å². The van der Waals surface area contributed by atoms with Crippen molar-refractivity contribution in [2.45, 2.75) is 11.3 Å². The molecule has 5 heteroatoms. The predicted molar refractivity (Wildman–Crippen MR) is 62.2 cm³/mol. The number of hydrogen-bond donors (Lipinski definition) is 1. The number of hydrogen-bond acceptors (Lipinski definition) is 2. The second kappa shape index (κ2) is 5.30. The number of halogens is 1. The van der Waals surface area contributed by atoms with Crippen molar-refractivity contribution in [2.24, 2.45) is 5.14 Å². The average molecular weight is 246 g/mol. The highest BCUT2D eigenvalue weighted by Gasteiger charge is 2.06. The van der Waals surface area contributed by atoms with E-state index in [1.807, 2.05) is 12.2 Å². The van der Waals surface area contributed by atoms with Gasteiger partial charge in [0.05, 0.1) is 4.90 Å². The first kappa shape index (κ1) is 12.2. The Kier molecular flexibility index (Phi) is 4.32. The molecule has 15 heavy (non-hydrogen) atoms. The Balaban J connectivity index is 2.94. The van der Waals surface area contributed by atoms with E-state index in [2.05, 4.69) is 0 Å². The summed E-state index contributed by atoms with van der Waals surface area (Å²) >= 11 is 5.50. The summed E-state index contributed by atoms with van der Waals surface area (Å²) in [6, 6.07) is 6.45. The van der Waals surface area contributed by atoms with Crippen LogP contribution in [0.3, 0.4) is 0 Å². The summed E-state index contributed by atoms with van der Waals surface area (Å²) in [4.78, 5) is 0.121. The normalized spacial score (nSPS) is 12.1. The van der Waals surface area contributed by atoms with E-state index in [9.17, 15) is 8.42 Å². The van der Waals surface area contributed by atoms with Crippen molar-refractivity contribution in [3.05, 3.63) is 35.9 Å². The van der Waals surface area contributed by atoms with Gasteiger partial charge < -0.3 is 0 Å². The topological polar surface area (TPSA) is 60.2 Å². The molecule has 0 fully saturated rings. The van der Waals surface area contributed by atoms with Crippen LogP contribution in [0.25, 0.3) is 6.08 Å². The molecule has 2 N–H and O–H groups in total.